The molecule has 3 aromatic rings. The highest BCUT2D eigenvalue weighted by molar-refractivity contribution is 14.1. The third kappa shape index (κ3) is 3.67. The van der Waals surface area contributed by atoms with Gasteiger partial charge in [0.05, 0.1) is 0 Å². The topological polar surface area (TPSA) is 71.8 Å². The van der Waals surface area contributed by atoms with Crippen molar-refractivity contribution >= 4 is 34.4 Å². The van der Waals surface area contributed by atoms with E-state index < -0.39 is 5.95 Å². The largest absolute Gasteiger partial charge is 0.357 e. The van der Waals surface area contributed by atoms with Crippen molar-refractivity contribution in [2.75, 3.05) is 30.4 Å². The van der Waals surface area contributed by atoms with Gasteiger partial charge >= 0.3 is 0 Å². The van der Waals surface area contributed by atoms with Crippen LogP contribution in [0, 0.1) is 9.65 Å². The molecule has 0 unspecified atom stereocenters. The highest BCUT2D eigenvalue weighted by Crippen LogP contribution is 2.34. The number of anilines is 2. The summed E-state index contributed by atoms with van der Waals surface area (Å²) < 4.78 is 16.2. The predicted octanol–water partition coefficient (Wildman–Crippen LogP) is 3.44. The maximum Gasteiger partial charge on any atom is 0.224 e. The molecule has 0 spiro atoms. The first-order chi connectivity index (χ1) is 13.6. The second-order valence-electron chi connectivity index (χ2n) is 6.83. The zero-order valence-corrected chi connectivity index (χ0v) is 17.9. The number of rotatable bonds is 4. The Bertz CT molecular complexity index is 965. The quantitative estimate of drug-likeness (QED) is 0.444. The summed E-state index contributed by atoms with van der Waals surface area (Å²) in [5.74, 6) is 2.61. The number of hydrogen-bond acceptors (Lipinski definition) is 6. The van der Waals surface area contributed by atoms with Crippen LogP contribution in [0.4, 0.5) is 16.2 Å². The van der Waals surface area contributed by atoms with Gasteiger partial charge in [0.15, 0.2) is 0 Å². The van der Waals surface area contributed by atoms with E-state index in [4.69, 9.17) is 4.98 Å². The third-order valence-electron chi connectivity index (χ3n) is 5.17. The van der Waals surface area contributed by atoms with Crippen molar-refractivity contribution < 1.29 is 4.39 Å². The van der Waals surface area contributed by atoms with Gasteiger partial charge in [-0.05, 0) is 59.7 Å². The first kappa shape index (κ1) is 19.0. The number of hydrogen-bond donors (Lipinski definition) is 1. The molecule has 1 N–H and O–H groups in total. The van der Waals surface area contributed by atoms with Crippen LogP contribution in [0.2, 0.25) is 0 Å². The maximum atomic E-state index is 13.2. The van der Waals surface area contributed by atoms with E-state index in [1.807, 2.05) is 30.8 Å². The van der Waals surface area contributed by atoms with Crippen molar-refractivity contribution in [3.05, 3.63) is 45.9 Å². The van der Waals surface area contributed by atoms with Crippen molar-refractivity contribution in [2.24, 2.45) is 7.05 Å². The molecule has 0 saturated carbocycles. The molecule has 1 aliphatic rings. The molecular weight excluding hydrogens is 472 g/mol. The van der Waals surface area contributed by atoms with E-state index >= 15 is 0 Å². The van der Waals surface area contributed by atoms with Crippen LogP contribution in [0.5, 0.6) is 0 Å². The van der Waals surface area contributed by atoms with Crippen LogP contribution in [-0.4, -0.2) is 44.9 Å². The molecule has 1 aliphatic heterocycles. The Balaban J connectivity index is 1.57. The molecule has 28 heavy (non-hydrogen) atoms. The molecular formula is C19H21FIN7. The van der Waals surface area contributed by atoms with Crippen LogP contribution in [0.3, 0.4) is 0 Å². The average Bonchev–Trinajstić information content (AvgIpc) is 3.09. The van der Waals surface area contributed by atoms with Gasteiger partial charge in [0.1, 0.15) is 15.3 Å². The molecule has 0 aliphatic carbocycles. The lowest BCUT2D eigenvalue weighted by molar-refractivity contribution is 0.472. The second kappa shape index (κ2) is 7.98. The Labute approximate surface area is 176 Å². The summed E-state index contributed by atoms with van der Waals surface area (Å²) in [6.07, 6.45) is 3.52. The Kier molecular flexibility index (Phi) is 5.42. The molecule has 1 saturated heterocycles. The lowest BCUT2D eigenvalue weighted by atomic mass is 9.95. The number of halogens is 2. The minimum Gasteiger partial charge on any atom is -0.357 e. The van der Waals surface area contributed by atoms with E-state index in [0.717, 1.165) is 58.3 Å². The van der Waals surface area contributed by atoms with Crippen molar-refractivity contribution in [1.29, 1.82) is 0 Å². The predicted molar refractivity (Wildman–Crippen MR) is 115 cm³/mol. The van der Waals surface area contributed by atoms with E-state index in [0.29, 0.717) is 5.92 Å². The fraction of sp³-hybridized carbons (Fsp3) is 0.368. The van der Waals surface area contributed by atoms with Crippen molar-refractivity contribution in [3.8, 4) is 11.1 Å². The van der Waals surface area contributed by atoms with E-state index in [1.54, 1.807) is 12.3 Å². The molecule has 0 radical (unpaired) electrons. The molecule has 9 heteroatoms. The van der Waals surface area contributed by atoms with E-state index in [9.17, 15) is 4.39 Å². The molecule has 4 heterocycles. The fourth-order valence-corrected chi connectivity index (χ4v) is 4.10. The van der Waals surface area contributed by atoms with Gasteiger partial charge in [-0.25, -0.2) is 9.97 Å². The number of nitrogens with one attached hydrogen (secondary N) is 1. The molecule has 7 nitrogen and oxygen atoms in total. The monoisotopic (exact) mass is 493 g/mol. The molecule has 0 atom stereocenters. The molecule has 3 aromatic heterocycles. The summed E-state index contributed by atoms with van der Waals surface area (Å²) in [5.41, 5.74) is 1.84. The smallest absolute Gasteiger partial charge is 0.224 e. The number of nitrogens with zero attached hydrogens (tertiary/aromatic N) is 6. The zero-order chi connectivity index (χ0) is 19.7. The van der Waals surface area contributed by atoms with Gasteiger partial charge in [-0.2, -0.15) is 4.39 Å². The standard InChI is InChI=1S/C19H21FIN7/c1-22-19-26-25-17(27(19)2)12-7-9-28(10-8-12)18-14(4-6-16(21)24-18)13-3-5-15(20)23-11-13/h3-6,11-12H,7-10H2,1-2H3,(H,22,26). The summed E-state index contributed by atoms with van der Waals surface area (Å²) in [4.78, 5) is 10.9. The first-order valence-corrected chi connectivity index (χ1v) is 10.2. The van der Waals surface area contributed by atoms with Gasteiger partial charge in [0, 0.05) is 50.4 Å². The number of piperidine rings is 1. The maximum absolute atomic E-state index is 13.2. The highest BCUT2D eigenvalue weighted by atomic mass is 127. The lowest BCUT2D eigenvalue weighted by Crippen LogP contribution is -2.34. The normalized spacial score (nSPS) is 15.1. The summed E-state index contributed by atoms with van der Waals surface area (Å²) in [5, 5.41) is 11.6. The highest BCUT2D eigenvalue weighted by Gasteiger charge is 2.27. The molecule has 4 rings (SSSR count). The number of pyridine rings is 2. The minimum atomic E-state index is -0.478. The van der Waals surface area contributed by atoms with Gasteiger partial charge in [-0.3, -0.25) is 0 Å². The average molecular weight is 493 g/mol. The zero-order valence-electron chi connectivity index (χ0n) is 15.7. The van der Waals surface area contributed by atoms with Gasteiger partial charge in [0.25, 0.3) is 0 Å². The Morgan fingerprint density at radius 3 is 2.57 bits per heavy atom. The minimum absolute atomic E-state index is 0.370. The Hall–Kier alpha value is -2.30. The summed E-state index contributed by atoms with van der Waals surface area (Å²) in [6, 6.07) is 7.14. The van der Waals surface area contributed by atoms with Crippen molar-refractivity contribution in [1.82, 2.24) is 24.7 Å². The second-order valence-corrected chi connectivity index (χ2v) is 7.93. The van der Waals surface area contributed by atoms with Gasteiger partial charge < -0.3 is 14.8 Å². The molecule has 0 amide bonds. The molecule has 0 aromatic carbocycles. The molecule has 0 bridgehead atoms. The summed E-state index contributed by atoms with van der Waals surface area (Å²) in [7, 11) is 3.85. The lowest BCUT2D eigenvalue weighted by Gasteiger charge is -2.33. The van der Waals surface area contributed by atoms with E-state index in [2.05, 4.69) is 48.0 Å². The number of aromatic nitrogens is 5. The van der Waals surface area contributed by atoms with Crippen molar-refractivity contribution in [3.63, 3.8) is 0 Å². The first-order valence-electron chi connectivity index (χ1n) is 9.17. The van der Waals surface area contributed by atoms with Crippen LogP contribution < -0.4 is 10.2 Å². The molecule has 1 fully saturated rings. The van der Waals surface area contributed by atoms with Crippen LogP contribution in [0.15, 0.2) is 30.5 Å². The van der Waals surface area contributed by atoms with E-state index in [-0.39, 0.29) is 0 Å². The fourth-order valence-electron chi connectivity index (χ4n) is 3.69. The van der Waals surface area contributed by atoms with E-state index in [1.165, 1.54) is 6.07 Å². The summed E-state index contributed by atoms with van der Waals surface area (Å²) >= 11 is 2.23. The Morgan fingerprint density at radius 1 is 1.14 bits per heavy atom. The summed E-state index contributed by atoms with van der Waals surface area (Å²) in [6.45, 7) is 1.75. The Morgan fingerprint density at radius 2 is 1.93 bits per heavy atom. The van der Waals surface area contributed by atoms with Crippen LogP contribution in [0.1, 0.15) is 24.6 Å². The van der Waals surface area contributed by atoms with Gasteiger partial charge in [-0.15, -0.1) is 10.2 Å². The van der Waals surface area contributed by atoms with Gasteiger partial charge in [0.2, 0.25) is 11.9 Å². The van der Waals surface area contributed by atoms with Gasteiger partial charge in [-0.1, -0.05) is 0 Å². The SMILES string of the molecule is CNc1nnc(C2CCN(c3nc(I)ccc3-c3ccc(F)nc3)CC2)n1C. The third-order valence-corrected chi connectivity index (χ3v) is 5.77. The van der Waals surface area contributed by atoms with Crippen LogP contribution >= 0.6 is 22.6 Å². The van der Waals surface area contributed by atoms with Crippen molar-refractivity contribution in [2.45, 2.75) is 18.8 Å². The van der Waals surface area contributed by atoms with Crippen LogP contribution in [0.25, 0.3) is 11.1 Å². The molecule has 146 valence electrons. The van der Waals surface area contributed by atoms with Crippen LogP contribution in [-0.2, 0) is 7.05 Å².